The van der Waals surface area contributed by atoms with E-state index in [4.69, 9.17) is 14.5 Å². The van der Waals surface area contributed by atoms with Gasteiger partial charge in [-0.05, 0) is 49.2 Å². The van der Waals surface area contributed by atoms with Gasteiger partial charge in [-0.3, -0.25) is 9.69 Å². The normalized spacial score (nSPS) is 15.4. The summed E-state index contributed by atoms with van der Waals surface area (Å²) in [5.41, 5.74) is 2.15. The summed E-state index contributed by atoms with van der Waals surface area (Å²) in [6, 6.07) is 12.7. The number of nitrogens with zero attached hydrogens (tertiary/aromatic N) is 5. The molecule has 0 aliphatic carbocycles. The van der Waals surface area contributed by atoms with Crippen molar-refractivity contribution < 1.29 is 18.7 Å². The van der Waals surface area contributed by atoms with Gasteiger partial charge in [-0.25, -0.2) is 9.37 Å². The lowest BCUT2D eigenvalue weighted by molar-refractivity contribution is -0.132. The molecule has 2 aliphatic heterocycles. The summed E-state index contributed by atoms with van der Waals surface area (Å²) in [5, 5.41) is 0.813. The predicted octanol–water partition coefficient (Wildman–Crippen LogP) is 3.95. The monoisotopic (exact) mass is 525 g/mol. The van der Waals surface area contributed by atoms with E-state index in [0.29, 0.717) is 25.2 Å². The van der Waals surface area contributed by atoms with E-state index in [0.717, 1.165) is 54.9 Å². The predicted molar refractivity (Wildman–Crippen MR) is 141 cm³/mol. The fraction of sp³-hybridized carbons (Fsp3) is 0.444. The smallest absolute Gasteiger partial charge is 0.231 e. The van der Waals surface area contributed by atoms with Crippen LogP contribution in [-0.2, 0) is 17.8 Å². The third-order valence-electron chi connectivity index (χ3n) is 6.74. The minimum Gasteiger partial charge on any atom is -0.454 e. The van der Waals surface area contributed by atoms with Crippen LogP contribution in [0.3, 0.4) is 0 Å². The molecule has 1 saturated heterocycles. The summed E-state index contributed by atoms with van der Waals surface area (Å²) < 4.78 is 28.6. The Bertz CT molecular complexity index is 1210. The van der Waals surface area contributed by atoms with Crippen LogP contribution in [0.25, 0.3) is 0 Å². The highest BCUT2D eigenvalue weighted by Gasteiger charge is 2.24. The second-order valence-corrected chi connectivity index (χ2v) is 10.4. The van der Waals surface area contributed by atoms with Gasteiger partial charge in [0.1, 0.15) is 11.6 Å². The average molecular weight is 526 g/mol. The second kappa shape index (κ2) is 11.4. The van der Waals surface area contributed by atoms with E-state index >= 15 is 0 Å². The summed E-state index contributed by atoms with van der Waals surface area (Å²) in [6.07, 6.45) is 0.991. The van der Waals surface area contributed by atoms with E-state index in [1.165, 1.54) is 29.2 Å². The fourth-order valence-corrected chi connectivity index (χ4v) is 5.47. The zero-order valence-electron chi connectivity index (χ0n) is 21.2. The molecule has 3 aromatic rings. The molecule has 0 atom stereocenters. The average Bonchev–Trinajstić information content (AvgIpc) is 3.55. The van der Waals surface area contributed by atoms with Gasteiger partial charge in [0.15, 0.2) is 11.5 Å². The molecule has 0 unspecified atom stereocenters. The van der Waals surface area contributed by atoms with Crippen LogP contribution in [-0.4, -0.2) is 70.6 Å². The number of amides is 1. The first-order chi connectivity index (χ1) is 17.9. The van der Waals surface area contributed by atoms with Crippen molar-refractivity contribution in [2.75, 3.05) is 44.4 Å². The number of piperazine rings is 1. The Kier molecular flexibility index (Phi) is 7.85. The van der Waals surface area contributed by atoms with Gasteiger partial charge in [-0.1, -0.05) is 18.2 Å². The van der Waals surface area contributed by atoms with Gasteiger partial charge in [-0.15, -0.1) is 0 Å². The molecule has 3 heterocycles. The van der Waals surface area contributed by atoms with Gasteiger partial charge in [0.25, 0.3) is 0 Å². The Morgan fingerprint density at radius 3 is 2.54 bits per heavy atom. The van der Waals surface area contributed by atoms with Crippen molar-refractivity contribution in [3.05, 3.63) is 65.2 Å². The number of carbonyl (C=O) groups is 1. The van der Waals surface area contributed by atoms with Crippen molar-refractivity contribution in [2.24, 2.45) is 0 Å². The number of fused-ring (bicyclic) bond motifs is 1. The Labute approximate surface area is 220 Å². The molecular weight excluding hydrogens is 493 g/mol. The van der Waals surface area contributed by atoms with Crippen LogP contribution in [0.15, 0.2) is 42.5 Å². The number of halogens is 1. The highest BCUT2D eigenvalue weighted by atomic mass is 32.1. The van der Waals surface area contributed by atoms with Crippen LogP contribution < -0.4 is 14.4 Å². The standard InChI is InChI=1S/C27H32FN5O3S/c1-19(2)33(27-29-25(30-37-27)16-20-3-6-22(28)7-4-20)10-9-26(34)32-13-11-31(12-14-32)17-21-5-8-23-24(15-21)36-18-35-23/h3-8,15,19H,9-14,16-18H2,1-2H3. The lowest BCUT2D eigenvalue weighted by Crippen LogP contribution is -2.49. The Morgan fingerprint density at radius 1 is 1.05 bits per heavy atom. The molecule has 5 rings (SSSR count). The maximum Gasteiger partial charge on any atom is 0.231 e. The number of carbonyl (C=O) groups excluding carboxylic acids is 1. The van der Waals surface area contributed by atoms with Crippen LogP contribution >= 0.6 is 11.5 Å². The van der Waals surface area contributed by atoms with Crippen LogP contribution in [0.2, 0.25) is 0 Å². The third kappa shape index (κ3) is 6.37. The number of aromatic nitrogens is 2. The Morgan fingerprint density at radius 2 is 1.78 bits per heavy atom. The molecule has 1 amide bonds. The van der Waals surface area contributed by atoms with Crippen molar-refractivity contribution >= 4 is 22.6 Å². The lowest BCUT2D eigenvalue weighted by Gasteiger charge is -2.35. The first-order valence-corrected chi connectivity index (χ1v) is 13.4. The largest absolute Gasteiger partial charge is 0.454 e. The number of benzene rings is 2. The number of anilines is 1. The zero-order valence-corrected chi connectivity index (χ0v) is 22.0. The molecule has 0 N–H and O–H groups in total. The third-order valence-corrected chi connectivity index (χ3v) is 7.53. The molecule has 2 aliphatic rings. The molecule has 196 valence electrons. The first-order valence-electron chi connectivity index (χ1n) is 12.7. The van der Waals surface area contributed by atoms with Crippen molar-refractivity contribution in [3.63, 3.8) is 0 Å². The molecule has 8 nitrogen and oxygen atoms in total. The van der Waals surface area contributed by atoms with E-state index in [-0.39, 0.29) is 24.6 Å². The first kappa shape index (κ1) is 25.4. The SMILES string of the molecule is CC(C)N(CCC(=O)N1CCN(Cc2ccc3c(c2)OCO3)CC1)c1nc(Cc2ccc(F)cc2)ns1. The van der Waals surface area contributed by atoms with Gasteiger partial charge >= 0.3 is 0 Å². The number of hydrogen-bond acceptors (Lipinski definition) is 8. The van der Waals surface area contributed by atoms with E-state index in [1.54, 1.807) is 12.1 Å². The van der Waals surface area contributed by atoms with Crippen molar-refractivity contribution in [1.82, 2.24) is 19.2 Å². The number of hydrogen-bond donors (Lipinski definition) is 0. The molecule has 1 aromatic heterocycles. The highest BCUT2D eigenvalue weighted by Crippen LogP contribution is 2.33. The van der Waals surface area contributed by atoms with Crippen molar-refractivity contribution in [3.8, 4) is 11.5 Å². The number of ether oxygens (including phenoxy) is 2. The Hall–Kier alpha value is -3.24. The van der Waals surface area contributed by atoms with E-state index in [1.807, 2.05) is 17.0 Å². The zero-order chi connectivity index (χ0) is 25.8. The molecule has 0 spiro atoms. The minimum absolute atomic E-state index is 0.171. The second-order valence-electron chi connectivity index (χ2n) is 9.68. The molecule has 10 heteroatoms. The summed E-state index contributed by atoms with van der Waals surface area (Å²) >= 11 is 1.35. The maximum atomic E-state index is 13.2. The Balaban J connectivity index is 1.10. The molecule has 2 aromatic carbocycles. The van der Waals surface area contributed by atoms with Gasteiger partial charge in [0.05, 0.1) is 0 Å². The van der Waals surface area contributed by atoms with Crippen molar-refractivity contribution in [1.29, 1.82) is 0 Å². The topological polar surface area (TPSA) is 71.0 Å². The summed E-state index contributed by atoms with van der Waals surface area (Å²) in [4.78, 5) is 24.2. The maximum absolute atomic E-state index is 13.2. The quantitative estimate of drug-likeness (QED) is 0.419. The van der Waals surface area contributed by atoms with Gasteiger partial charge in [0, 0.05) is 69.7 Å². The van der Waals surface area contributed by atoms with E-state index in [9.17, 15) is 9.18 Å². The summed E-state index contributed by atoms with van der Waals surface area (Å²) in [5.74, 6) is 2.23. The van der Waals surface area contributed by atoms with Crippen molar-refractivity contribution in [2.45, 2.75) is 39.3 Å². The summed E-state index contributed by atoms with van der Waals surface area (Å²) in [7, 11) is 0. The van der Waals surface area contributed by atoms with Gasteiger partial charge in [0.2, 0.25) is 17.8 Å². The molecule has 0 saturated carbocycles. The van der Waals surface area contributed by atoms with Crippen LogP contribution in [0.4, 0.5) is 9.52 Å². The van der Waals surface area contributed by atoms with Gasteiger partial charge in [-0.2, -0.15) is 4.37 Å². The molecule has 1 fully saturated rings. The van der Waals surface area contributed by atoms with E-state index < -0.39 is 0 Å². The van der Waals surface area contributed by atoms with Crippen LogP contribution in [0.1, 0.15) is 37.2 Å². The molecule has 0 radical (unpaired) electrons. The van der Waals surface area contributed by atoms with Crippen LogP contribution in [0.5, 0.6) is 11.5 Å². The molecular formula is C27H32FN5O3S. The van der Waals surface area contributed by atoms with Crippen LogP contribution in [0, 0.1) is 5.82 Å². The van der Waals surface area contributed by atoms with E-state index in [2.05, 4.69) is 34.1 Å². The minimum atomic E-state index is -0.252. The number of rotatable bonds is 9. The lowest BCUT2D eigenvalue weighted by atomic mass is 10.1. The van der Waals surface area contributed by atoms with Gasteiger partial charge < -0.3 is 19.3 Å². The highest BCUT2D eigenvalue weighted by molar-refractivity contribution is 7.09. The summed E-state index contributed by atoms with van der Waals surface area (Å²) in [6.45, 7) is 9.05. The molecule has 37 heavy (non-hydrogen) atoms. The molecule has 0 bridgehead atoms. The fourth-order valence-electron chi connectivity index (χ4n) is 4.62.